The van der Waals surface area contributed by atoms with Gasteiger partial charge in [0.25, 0.3) is 0 Å². The maximum Gasteiger partial charge on any atom is 0.0831 e. The molecule has 1 rings (SSSR count). The predicted octanol–water partition coefficient (Wildman–Crippen LogP) is 2.52. The van der Waals surface area contributed by atoms with Crippen LogP contribution in [0.15, 0.2) is 0 Å². The third-order valence-electron chi connectivity index (χ3n) is 2.20. The quantitative estimate of drug-likeness (QED) is 0.359. The summed E-state index contributed by atoms with van der Waals surface area (Å²) in [7, 11) is -0.832. The molecule has 0 aromatic heterocycles. The van der Waals surface area contributed by atoms with E-state index in [0.29, 0.717) is 6.10 Å². The van der Waals surface area contributed by atoms with E-state index >= 15 is 0 Å². The topological polar surface area (TPSA) is 21.8 Å². The molecule has 0 spiro atoms. The minimum atomic E-state index is -0.832. The van der Waals surface area contributed by atoms with Gasteiger partial charge in [-0.3, -0.25) is 0 Å². The Kier molecular flexibility index (Phi) is 4.42. The van der Waals surface area contributed by atoms with Gasteiger partial charge in [0.05, 0.1) is 12.7 Å². The second kappa shape index (κ2) is 5.13. The van der Waals surface area contributed by atoms with Gasteiger partial charge in [0.1, 0.15) is 0 Å². The van der Waals surface area contributed by atoms with Crippen molar-refractivity contribution in [2.75, 3.05) is 19.8 Å². The van der Waals surface area contributed by atoms with Gasteiger partial charge >= 0.3 is 0 Å². The first kappa shape index (κ1) is 11.2. The molecule has 1 atom stereocenters. The summed E-state index contributed by atoms with van der Waals surface area (Å²) in [5.74, 6) is 0. The summed E-state index contributed by atoms with van der Waals surface area (Å²) in [4.78, 5) is 0. The molecule has 1 aliphatic heterocycles. The zero-order valence-corrected chi connectivity index (χ0v) is 10.1. The first-order valence-electron chi connectivity index (χ1n) is 5.27. The van der Waals surface area contributed by atoms with Crippen molar-refractivity contribution in [1.29, 1.82) is 0 Å². The molecular formula is C10H22O2Si. The molecule has 13 heavy (non-hydrogen) atoms. The van der Waals surface area contributed by atoms with E-state index in [4.69, 9.17) is 9.47 Å². The Morgan fingerprint density at radius 2 is 2.00 bits per heavy atom. The molecule has 78 valence electrons. The van der Waals surface area contributed by atoms with E-state index in [-0.39, 0.29) is 0 Å². The average molecular weight is 202 g/mol. The highest BCUT2D eigenvalue weighted by Crippen LogP contribution is 2.14. The fourth-order valence-corrected chi connectivity index (χ4v) is 2.46. The predicted molar refractivity (Wildman–Crippen MR) is 57.9 cm³/mol. The van der Waals surface area contributed by atoms with Crippen molar-refractivity contribution in [1.82, 2.24) is 0 Å². The molecule has 1 aliphatic rings. The van der Waals surface area contributed by atoms with Crippen LogP contribution in [0.3, 0.4) is 0 Å². The Bertz CT molecular complexity index is 138. The summed E-state index contributed by atoms with van der Waals surface area (Å²) in [6.45, 7) is 10.0. The molecule has 1 heterocycles. The average Bonchev–Trinajstić information content (AvgIpc) is 2.77. The lowest BCUT2D eigenvalue weighted by Crippen LogP contribution is -2.19. The molecule has 1 fully saturated rings. The third-order valence-corrected chi connectivity index (χ3v) is 4.06. The van der Waals surface area contributed by atoms with Gasteiger partial charge < -0.3 is 9.47 Å². The van der Waals surface area contributed by atoms with Crippen molar-refractivity contribution in [2.24, 2.45) is 0 Å². The second-order valence-corrected chi connectivity index (χ2v) is 10.6. The molecule has 3 heteroatoms. The molecule has 0 amide bonds. The third kappa shape index (κ3) is 7.23. The lowest BCUT2D eigenvalue weighted by Gasteiger charge is -2.14. The molecular weight excluding hydrogens is 180 g/mol. The molecule has 2 nitrogen and oxygen atoms in total. The minimum Gasteiger partial charge on any atom is -0.381 e. The van der Waals surface area contributed by atoms with Crippen LogP contribution in [0.2, 0.25) is 25.7 Å². The summed E-state index contributed by atoms with van der Waals surface area (Å²) in [5, 5.41) is 0. The zero-order valence-electron chi connectivity index (χ0n) is 9.14. The van der Waals surface area contributed by atoms with Gasteiger partial charge in [-0.2, -0.15) is 0 Å². The SMILES string of the molecule is C[Si](C)(C)CCCOCCC1CO1. The van der Waals surface area contributed by atoms with Gasteiger partial charge in [-0.05, 0) is 12.8 Å². The van der Waals surface area contributed by atoms with E-state index in [1.165, 1.54) is 12.5 Å². The van der Waals surface area contributed by atoms with Crippen molar-refractivity contribution in [3.63, 3.8) is 0 Å². The van der Waals surface area contributed by atoms with Crippen LogP contribution in [0.1, 0.15) is 12.8 Å². The Labute approximate surface area is 82.6 Å². The highest BCUT2D eigenvalue weighted by molar-refractivity contribution is 6.76. The smallest absolute Gasteiger partial charge is 0.0831 e. The van der Waals surface area contributed by atoms with Crippen LogP contribution in [-0.2, 0) is 9.47 Å². The summed E-state index contributed by atoms with van der Waals surface area (Å²) < 4.78 is 10.6. The maximum atomic E-state index is 5.52. The van der Waals surface area contributed by atoms with E-state index in [1.807, 2.05) is 0 Å². The van der Waals surface area contributed by atoms with Crippen molar-refractivity contribution >= 4 is 8.07 Å². The first-order valence-corrected chi connectivity index (χ1v) is 8.98. The summed E-state index contributed by atoms with van der Waals surface area (Å²) in [5.41, 5.74) is 0. The minimum absolute atomic E-state index is 0.525. The van der Waals surface area contributed by atoms with Crippen molar-refractivity contribution in [2.45, 2.75) is 44.6 Å². The fourth-order valence-electron chi connectivity index (χ4n) is 1.26. The van der Waals surface area contributed by atoms with Crippen LogP contribution in [-0.4, -0.2) is 34.0 Å². The largest absolute Gasteiger partial charge is 0.381 e. The monoisotopic (exact) mass is 202 g/mol. The number of epoxide rings is 1. The van der Waals surface area contributed by atoms with Crippen LogP contribution in [0, 0.1) is 0 Å². The molecule has 1 unspecified atom stereocenters. The Morgan fingerprint density at radius 1 is 1.31 bits per heavy atom. The van der Waals surface area contributed by atoms with Gasteiger partial charge in [0.2, 0.25) is 0 Å². The van der Waals surface area contributed by atoms with Gasteiger partial charge in [-0.1, -0.05) is 25.7 Å². The summed E-state index contributed by atoms with van der Waals surface area (Å²) in [6.07, 6.45) is 2.85. The number of ether oxygens (including phenoxy) is 2. The van der Waals surface area contributed by atoms with Crippen LogP contribution >= 0.6 is 0 Å². The number of hydrogen-bond acceptors (Lipinski definition) is 2. The van der Waals surface area contributed by atoms with Crippen molar-refractivity contribution < 1.29 is 9.47 Å². The van der Waals surface area contributed by atoms with Gasteiger partial charge in [0.15, 0.2) is 0 Å². The highest BCUT2D eigenvalue weighted by atomic mass is 28.3. The van der Waals surface area contributed by atoms with E-state index < -0.39 is 8.07 Å². The molecule has 0 aromatic rings. The fraction of sp³-hybridized carbons (Fsp3) is 1.00. The summed E-state index contributed by atoms with van der Waals surface area (Å²) in [6, 6.07) is 1.38. The number of hydrogen-bond donors (Lipinski definition) is 0. The van der Waals surface area contributed by atoms with E-state index in [1.54, 1.807) is 0 Å². The van der Waals surface area contributed by atoms with E-state index in [0.717, 1.165) is 26.2 Å². The van der Waals surface area contributed by atoms with Gasteiger partial charge in [0, 0.05) is 21.3 Å². The van der Waals surface area contributed by atoms with Crippen LogP contribution < -0.4 is 0 Å². The Balaban J connectivity index is 1.78. The molecule has 0 radical (unpaired) electrons. The van der Waals surface area contributed by atoms with E-state index in [2.05, 4.69) is 19.6 Å². The maximum absolute atomic E-state index is 5.52. The molecule has 1 saturated heterocycles. The zero-order chi connectivity index (χ0) is 9.73. The van der Waals surface area contributed by atoms with Crippen LogP contribution in [0.5, 0.6) is 0 Å². The van der Waals surface area contributed by atoms with Crippen molar-refractivity contribution in [3.05, 3.63) is 0 Å². The normalized spacial score (nSPS) is 21.9. The standard InChI is InChI=1S/C10H22O2Si/c1-13(2,3)8-4-6-11-7-5-10-9-12-10/h10H,4-9H2,1-3H3. The molecule has 0 aliphatic carbocycles. The molecule has 0 N–H and O–H groups in total. The highest BCUT2D eigenvalue weighted by Gasteiger charge is 2.21. The lowest BCUT2D eigenvalue weighted by atomic mass is 10.3. The second-order valence-electron chi connectivity index (χ2n) is 5.02. The number of rotatable bonds is 7. The van der Waals surface area contributed by atoms with Gasteiger partial charge in [-0.15, -0.1) is 0 Å². The van der Waals surface area contributed by atoms with Gasteiger partial charge in [-0.25, -0.2) is 0 Å². The molecule has 0 aromatic carbocycles. The molecule has 0 bridgehead atoms. The Hall–Kier alpha value is 0.137. The van der Waals surface area contributed by atoms with Crippen LogP contribution in [0.4, 0.5) is 0 Å². The summed E-state index contributed by atoms with van der Waals surface area (Å²) >= 11 is 0. The Morgan fingerprint density at radius 3 is 2.54 bits per heavy atom. The van der Waals surface area contributed by atoms with E-state index in [9.17, 15) is 0 Å². The molecule has 0 saturated carbocycles. The lowest BCUT2D eigenvalue weighted by molar-refractivity contribution is 0.126. The first-order chi connectivity index (χ1) is 6.08. The van der Waals surface area contributed by atoms with Crippen molar-refractivity contribution in [3.8, 4) is 0 Å². The van der Waals surface area contributed by atoms with Crippen LogP contribution in [0.25, 0.3) is 0 Å².